The number of aromatic nitrogens is 1. The molecule has 1 N–H and O–H groups in total. The zero-order chi connectivity index (χ0) is 17.8. The monoisotopic (exact) mass is 346 g/mol. The van der Waals surface area contributed by atoms with Gasteiger partial charge >= 0.3 is 0 Å². The number of amides is 1. The van der Waals surface area contributed by atoms with Gasteiger partial charge in [-0.1, -0.05) is 0 Å². The van der Waals surface area contributed by atoms with Crippen molar-refractivity contribution in [2.45, 2.75) is 32.1 Å². The van der Waals surface area contributed by atoms with E-state index in [1.807, 2.05) is 6.07 Å². The highest BCUT2D eigenvalue weighted by Gasteiger charge is 2.38. The number of aliphatic hydroxyl groups is 1. The summed E-state index contributed by atoms with van der Waals surface area (Å²) >= 11 is 0. The van der Waals surface area contributed by atoms with Gasteiger partial charge in [-0.2, -0.15) is 0 Å². The first-order valence-electron chi connectivity index (χ1n) is 8.19. The van der Waals surface area contributed by atoms with Crippen LogP contribution in [0.5, 0.6) is 5.75 Å². The van der Waals surface area contributed by atoms with Gasteiger partial charge < -0.3 is 23.9 Å². The Bertz CT molecular complexity index is 716. The number of methoxy groups -OCH3 is 1. The summed E-state index contributed by atoms with van der Waals surface area (Å²) in [4.78, 5) is 18.6. The first-order chi connectivity index (χ1) is 12.1. The van der Waals surface area contributed by atoms with Crippen LogP contribution in [0.25, 0.3) is 0 Å². The topological polar surface area (TPSA) is 85.0 Å². The molecule has 1 fully saturated rings. The molecule has 134 valence electrons. The first-order valence-corrected chi connectivity index (χ1v) is 8.19. The van der Waals surface area contributed by atoms with Crippen molar-refractivity contribution in [3.05, 3.63) is 47.7 Å². The number of rotatable bonds is 6. The molecular weight excluding hydrogens is 324 g/mol. The van der Waals surface area contributed by atoms with E-state index < -0.39 is 0 Å². The lowest BCUT2D eigenvalue weighted by molar-refractivity contribution is 0.0622. The van der Waals surface area contributed by atoms with Gasteiger partial charge in [0.05, 0.1) is 18.3 Å². The van der Waals surface area contributed by atoms with Crippen molar-refractivity contribution in [3.8, 4) is 5.75 Å². The van der Waals surface area contributed by atoms with Gasteiger partial charge in [0, 0.05) is 25.4 Å². The summed E-state index contributed by atoms with van der Waals surface area (Å²) < 4.78 is 16.7. The Morgan fingerprint density at radius 2 is 2.36 bits per heavy atom. The van der Waals surface area contributed by atoms with Crippen molar-refractivity contribution >= 4 is 5.91 Å². The van der Waals surface area contributed by atoms with Crippen molar-refractivity contribution in [1.29, 1.82) is 0 Å². The average Bonchev–Trinajstić information content (AvgIpc) is 3.23. The summed E-state index contributed by atoms with van der Waals surface area (Å²) in [5.41, 5.74) is 0.710. The van der Waals surface area contributed by atoms with Gasteiger partial charge in [-0.25, -0.2) is 0 Å². The second-order valence-corrected chi connectivity index (χ2v) is 6.09. The van der Waals surface area contributed by atoms with E-state index >= 15 is 0 Å². The van der Waals surface area contributed by atoms with Crippen LogP contribution in [0.3, 0.4) is 0 Å². The van der Waals surface area contributed by atoms with Crippen LogP contribution in [0.4, 0.5) is 0 Å². The molecule has 0 aromatic carbocycles. The lowest BCUT2D eigenvalue weighted by Crippen LogP contribution is -2.39. The van der Waals surface area contributed by atoms with Gasteiger partial charge in [0.1, 0.15) is 24.7 Å². The van der Waals surface area contributed by atoms with Gasteiger partial charge in [0.2, 0.25) is 0 Å². The van der Waals surface area contributed by atoms with Crippen LogP contribution in [-0.2, 0) is 11.3 Å². The number of pyridine rings is 1. The summed E-state index contributed by atoms with van der Waals surface area (Å²) in [5.74, 6) is 1.09. The third kappa shape index (κ3) is 3.83. The van der Waals surface area contributed by atoms with E-state index in [2.05, 4.69) is 4.98 Å². The predicted molar refractivity (Wildman–Crippen MR) is 89.3 cm³/mol. The summed E-state index contributed by atoms with van der Waals surface area (Å²) in [5, 5.41) is 9.20. The number of carbonyl (C=O) groups excluding carboxylic acids is 1. The SMILES string of the molecule is CO[C@@H]1C[C@@H](COc2cccnc2)N(C(=O)c2oc(CO)cc2C)C1. The second-order valence-electron chi connectivity index (χ2n) is 6.09. The van der Waals surface area contributed by atoms with Gasteiger partial charge in [0.25, 0.3) is 5.91 Å². The molecule has 0 saturated carbocycles. The van der Waals surface area contributed by atoms with Crippen molar-refractivity contribution in [2.24, 2.45) is 0 Å². The van der Waals surface area contributed by atoms with Crippen LogP contribution in [0, 0.1) is 6.92 Å². The molecule has 0 aliphatic carbocycles. The van der Waals surface area contributed by atoms with Crippen molar-refractivity contribution < 1.29 is 23.8 Å². The Hall–Kier alpha value is -2.38. The van der Waals surface area contributed by atoms with Crippen LogP contribution >= 0.6 is 0 Å². The third-order valence-electron chi connectivity index (χ3n) is 4.37. The highest BCUT2D eigenvalue weighted by Crippen LogP contribution is 2.25. The standard InChI is InChI=1S/C18H22N2O5/c1-12-6-16(10-21)25-17(12)18(22)20-9-15(23-2)7-13(20)11-24-14-4-3-5-19-8-14/h3-6,8,13,15,21H,7,9-11H2,1-2H3/t13-,15+/m0/s1. The molecule has 7 nitrogen and oxygen atoms in total. The highest BCUT2D eigenvalue weighted by atomic mass is 16.5. The maximum atomic E-state index is 12.9. The van der Waals surface area contributed by atoms with E-state index in [0.29, 0.717) is 36.6 Å². The molecule has 0 spiro atoms. The fourth-order valence-electron chi connectivity index (χ4n) is 3.04. The summed E-state index contributed by atoms with van der Waals surface area (Å²) in [6, 6.07) is 5.18. The summed E-state index contributed by atoms with van der Waals surface area (Å²) in [6.45, 7) is 2.39. The highest BCUT2D eigenvalue weighted by molar-refractivity contribution is 5.93. The number of hydrogen-bond acceptors (Lipinski definition) is 6. The first kappa shape index (κ1) is 17.4. The molecule has 2 atom stereocenters. The normalized spacial score (nSPS) is 20.0. The maximum absolute atomic E-state index is 12.9. The molecule has 0 bridgehead atoms. The van der Waals surface area contributed by atoms with Crippen LogP contribution in [-0.4, -0.2) is 53.3 Å². The van der Waals surface area contributed by atoms with E-state index in [4.69, 9.17) is 13.9 Å². The quantitative estimate of drug-likeness (QED) is 0.858. The number of aliphatic hydroxyl groups excluding tert-OH is 1. The lowest BCUT2D eigenvalue weighted by Gasteiger charge is -2.23. The molecule has 0 unspecified atom stereocenters. The fraction of sp³-hybridized carbons (Fsp3) is 0.444. The molecule has 2 aromatic heterocycles. The number of carbonyl (C=O) groups is 1. The number of nitrogens with zero attached hydrogens (tertiary/aromatic N) is 2. The Labute approximate surface area is 146 Å². The van der Waals surface area contributed by atoms with E-state index in [9.17, 15) is 9.90 Å². The molecule has 1 aliphatic rings. The van der Waals surface area contributed by atoms with Crippen LogP contribution in [0.2, 0.25) is 0 Å². The van der Waals surface area contributed by atoms with Crippen molar-refractivity contribution in [3.63, 3.8) is 0 Å². The molecule has 7 heteroatoms. The Kier molecular flexibility index (Phi) is 5.35. The Morgan fingerprint density at radius 3 is 3.00 bits per heavy atom. The Balaban J connectivity index is 1.74. The zero-order valence-electron chi connectivity index (χ0n) is 14.3. The van der Waals surface area contributed by atoms with E-state index in [1.165, 1.54) is 0 Å². The van der Waals surface area contributed by atoms with E-state index in [-0.39, 0.29) is 30.4 Å². The zero-order valence-corrected chi connectivity index (χ0v) is 14.3. The molecule has 0 radical (unpaired) electrons. The molecule has 1 amide bonds. The largest absolute Gasteiger partial charge is 0.490 e. The summed E-state index contributed by atoms with van der Waals surface area (Å²) in [7, 11) is 1.64. The number of furan rings is 1. The number of ether oxygens (including phenoxy) is 2. The number of aryl methyl sites for hydroxylation is 1. The minimum absolute atomic E-state index is 0.0426. The molecular formula is C18H22N2O5. The smallest absolute Gasteiger partial charge is 0.290 e. The molecule has 1 saturated heterocycles. The number of hydrogen-bond donors (Lipinski definition) is 1. The summed E-state index contributed by atoms with van der Waals surface area (Å²) in [6.07, 6.45) is 3.96. The van der Waals surface area contributed by atoms with Gasteiger partial charge in [-0.05, 0) is 31.5 Å². The predicted octanol–water partition coefficient (Wildman–Crippen LogP) is 1.78. The molecule has 3 rings (SSSR count). The van der Waals surface area contributed by atoms with Gasteiger partial charge in [-0.3, -0.25) is 9.78 Å². The van der Waals surface area contributed by atoms with Crippen molar-refractivity contribution in [1.82, 2.24) is 9.88 Å². The van der Waals surface area contributed by atoms with E-state index in [1.54, 1.807) is 43.5 Å². The molecule has 3 heterocycles. The minimum Gasteiger partial charge on any atom is -0.490 e. The minimum atomic E-state index is -0.234. The van der Waals surface area contributed by atoms with Crippen LogP contribution in [0.1, 0.15) is 28.3 Å². The molecule has 25 heavy (non-hydrogen) atoms. The number of likely N-dealkylation sites (tertiary alicyclic amines) is 1. The van der Waals surface area contributed by atoms with Crippen LogP contribution < -0.4 is 4.74 Å². The van der Waals surface area contributed by atoms with Crippen molar-refractivity contribution in [2.75, 3.05) is 20.3 Å². The molecule has 2 aromatic rings. The van der Waals surface area contributed by atoms with Crippen LogP contribution in [0.15, 0.2) is 35.0 Å². The Morgan fingerprint density at radius 1 is 1.52 bits per heavy atom. The lowest BCUT2D eigenvalue weighted by atomic mass is 10.2. The van der Waals surface area contributed by atoms with Gasteiger partial charge in [-0.15, -0.1) is 0 Å². The van der Waals surface area contributed by atoms with Gasteiger partial charge in [0.15, 0.2) is 5.76 Å². The average molecular weight is 346 g/mol. The third-order valence-corrected chi connectivity index (χ3v) is 4.37. The van der Waals surface area contributed by atoms with E-state index in [0.717, 1.165) is 0 Å². The maximum Gasteiger partial charge on any atom is 0.290 e. The fourth-order valence-corrected chi connectivity index (χ4v) is 3.04. The second kappa shape index (κ2) is 7.67. The molecule has 1 aliphatic heterocycles.